The zero-order chi connectivity index (χ0) is 32.3. The summed E-state index contributed by atoms with van der Waals surface area (Å²) in [5.74, 6) is 0.926. The number of piperidine rings is 1. The Balaban J connectivity index is 2.08. The highest BCUT2D eigenvalue weighted by Crippen LogP contribution is 2.19. The summed E-state index contributed by atoms with van der Waals surface area (Å²) < 4.78 is 0. The van der Waals surface area contributed by atoms with E-state index in [2.05, 4.69) is 79.3 Å². The number of unbranched alkanes of at least 4 members (excludes halogenated alkanes) is 18. The van der Waals surface area contributed by atoms with Crippen molar-refractivity contribution in [3.63, 3.8) is 0 Å². The first-order chi connectivity index (χ1) is 22.3. The minimum Gasteiger partial charge on any atom is -0.306 e. The van der Waals surface area contributed by atoms with Crippen LogP contribution in [0.2, 0.25) is 0 Å². The van der Waals surface area contributed by atoms with Gasteiger partial charge in [0.05, 0.1) is 0 Å². The van der Waals surface area contributed by atoms with Crippen LogP contribution in [0.3, 0.4) is 0 Å². The second kappa shape index (κ2) is 34.2. The first-order valence-corrected chi connectivity index (χ1v) is 20.3. The van der Waals surface area contributed by atoms with Crippen LogP contribution in [0.25, 0.3) is 0 Å². The van der Waals surface area contributed by atoms with Gasteiger partial charge in [-0.2, -0.15) is 0 Å². The molecular formula is C43H80N2. The van der Waals surface area contributed by atoms with Gasteiger partial charge in [0.25, 0.3) is 0 Å². The van der Waals surface area contributed by atoms with Crippen molar-refractivity contribution < 1.29 is 0 Å². The standard InChI is InChI=1S/C43H80N2/c1-4-6-8-10-12-14-16-18-20-22-24-26-28-30-32-34-38-45(42-43-36-40-44(3)41-37-43)39-35-33-31-29-27-25-23-21-19-17-15-13-11-9-7-5-2/h12-15,18-21,43H,4-11,16-17,22-42H2,1-3H3/b14-12-,15-13-,20-18-,21-19-. The molecule has 0 unspecified atom stereocenters. The van der Waals surface area contributed by atoms with Crippen molar-refractivity contribution in [2.45, 2.75) is 181 Å². The average Bonchev–Trinajstić information content (AvgIpc) is 3.05. The lowest BCUT2D eigenvalue weighted by atomic mass is 9.96. The van der Waals surface area contributed by atoms with E-state index in [1.807, 2.05) is 0 Å². The number of likely N-dealkylation sites (tertiary alicyclic amines) is 1. The molecule has 1 aliphatic rings. The van der Waals surface area contributed by atoms with Gasteiger partial charge in [0.1, 0.15) is 0 Å². The molecule has 0 aromatic carbocycles. The van der Waals surface area contributed by atoms with Gasteiger partial charge < -0.3 is 9.80 Å². The Morgan fingerprint density at radius 2 is 0.822 bits per heavy atom. The molecule has 0 amide bonds. The normalized spacial score (nSPS) is 15.4. The molecule has 0 aliphatic carbocycles. The van der Waals surface area contributed by atoms with Crippen molar-refractivity contribution in [3.05, 3.63) is 48.6 Å². The molecule has 1 aliphatic heterocycles. The number of hydrogen-bond acceptors (Lipinski definition) is 2. The maximum absolute atomic E-state index is 2.86. The Morgan fingerprint density at radius 3 is 1.22 bits per heavy atom. The van der Waals surface area contributed by atoms with E-state index in [-0.39, 0.29) is 0 Å². The van der Waals surface area contributed by atoms with Crippen molar-refractivity contribution in [2.75, 3.05) is 39.8 Å². The van der Waals surface area contributed by atoms with Crippen LogP contribution in [0.5, 0.6) is 0 Å². The van der Waals surface area contributed by atoms with Gasteiger partial charge in [-0.15, -0.1) is 0 Å². The number of allylic oxidation sites excluding steroid dienone is 8. The molecule has 0 aromatic rings. The lowest BCUT2D eigenvalue weighted by molar-refractivity contribution is 0.157. The third kappa shape index (κ3) is 30.0. The quantitative estimate of drug-likeness (QED) is 0.0542. The highest BCUT2D eigenvalue weighted by molar-refractivity contribution is 4.93. The molecular weight excluding hydrogens is 544 g/mol. The van der Waals surface area contributed by atoms with Gasteiger partial charge in [0.2, 0.25) is 0 Å². The van der Waals surface area contributed by atoms with Crippen LogP contribution < -0.4 is 0 Å². The maximum Gasteiger partial charge on any atom is 0.00106 e. The molecule has 0 N–H and O–H groups in total. The molecule has 0 radical (unpaired) electrons. The zero-order valence-corrected chi connectivity index (χ0v) is 31.0. The van der Waals surface area contributed by atoms with Crippen LogP contribution in [0, 0.1) is 5.92 Å². The molecule has 1 rings (SSSR count). The lowest BCUT2D eigenvalue weighted by Gasteiger charge is -2.33. The Kier molecular flexibility index (Phi) is 31.9. The predicted octanol–water partition coefficient (Wildman–Crippen LogP) is 13.3. The van der Waals surface area contributed by atoms with E-state index < -0.39 is 0 Å². The van der Waals surface area contributed by atoms with E-state index in [1.54, 1.807) is 0 Å². The summed E-state index contributed by atoms with van der Waals surface area (Å²) in [6, 6.07) is 0. The van der Waals surface area contributed by atoms with Crippen LogP contribution in [0.4, 0.5) is 0 Å². The molecule has 262 valence electrons. The summed E-state index contributed by atoms with van der Waals surface area (Å²) >= 11 is 0. The van der Waals surface area contributed by atoms with Crippen molar-refractivity contribution in [1.82, 2.24) is 9.80 Å². The Bertz CT molecular complexity index is 649. The number of hydrogen-bond donors (Lipinski definition) is 0. The molecule has 1 heterocycles. The highest BCUT2D eigenvalue weighted by atomic mass is 15.1. The molecule has 2 nitrogen and oxygen atoms in total. The van der Waals surface area contributed by atoms with Gasteiger partial charge in [-0.25, -0.2) is 0 Å². The van der Waals surface area contributed by atoms with Crippen LogP contribution >= 0.6 is 0 Å². The van der Waals surface area contributed by atoms with Crippen molar-refractivity contribution in [1.29, 1.82) is 0 Å². The first kappa shape index (κ1) is 41.9. The fourth-order valence-electron chi connectivity index (χ4n) is 6.55. The molecule has 1 fully saturated rings. The molecule has 0 bridgehead atoms. The smallest absolute Gasteiger partial charge is 0.00106 e. The summed E-state index contributed by atoms with van der Waals surface area (Å²) in [5.41, 5.74) is 0. The molecule has 2 heteroatoms. The van der Waals surface area contributed by atoms with Crippen LogP contribution in [0.15, 0.2) is 48.6 Å². The lowest BCUT2D eigenvalue weighted by Crippen LogP contribution is -2.37. The molecule has 0 atom stereocenters. The van der Waals surface area contributed by atoms with Gasteiger partial charge >= 0.3 is 0 Å². The Labute approximate surface area is 284 Å². The van der Waals surface area contributed by atoms with E-state index in [4.69, 9.17) is 0 Å². The van der Waals surface area contributed by atoms with E-state index in [0.717, 1.165) is 18.8 Å². The summed E-state index contributed by atoms with van der Waals surface area (Å²) in [4.78, 5) is 5.38. The third-order valence-electron chi connectivity index (χ3n) is 9.70. The van der Waals surface area contributed by atoms with Gasteiger partial charge in [-0.3, -0.25) is 0 Å². The first-order valence-electron chi connectivity index (χ1n) is 20.3. The summed E-state index contributed by atoms with van der Waals surface area (Å²) in [5, 5.41) is 0. The third-order valence-corrected chi connectivity index (χ3v) is 9.70. The zero-order valence-electron chi connectivity index (χ0n) is 31.0. The van der Waals surface area contributed by atoms with E-state index in [1.165, 1.54) is 187 Å². The predicted molar refractivity (Wildman–Crippen MR) is 205 cm³/mol. The second-order valence-electron chi connectivity index (χ2n) is 14.2. The SMILES string of the molecule is CCCCC/C=C\C/C=C\CCCCCCCCN(CCCCCCCC/C=C\C/C=C\CCCCC)CC1CCN(C)CC1. The minimum absolute atomic E-state index is 0.926. The van der Waals surface area contributed by atoms with Crippen LogP contribution in [-0.4, -0.2) is 49.6 Å². The van der Waals surface area contributed by atoms with Crippen LogP contribution in [0.1, 0.15) is 181 Å². The fourth-order valence-corrected chi connectivity index (χ4v) is 6.55. The van der Waals surface area contributed by atoms with Gasteiger partial charge in [0, 0.05) is 6.54 Å². The van der Waals surface area contributed by atoms with E-state index >= 15 is 0 Å². The summed E-state index contributed by atoms with van der Waals surface area (Å²) in [7, 11) is 2.29. The van der Waals surface area contributed by atoms with Crippen molar-refractivity contribution >= 4 is 0 Å². The molecule has 0 saturated carbocycles. The van der Waals surface area contributed by atoms with Crippen molar-refractivity contribution in [2.24, 2.45) is 5.92 Å². The average molecular weight is 625 g/mol. The molecule has 45 heavy (non-hydrogen) atoms. The number of rotatable bonds is 32. The van der Waals surface area contributed by atoms with Crippen molar-refractivity contribution in [3.8, 4) is 0 Å². The largest absolute Gasteiger partial charge is 0.306 e. The minimum atomic E-state index is 0.926. The Morgan fingerprint density at radius 1 is 0.467 bits per heavy atom. The molecule has 1 saturated heterocycles. The highest BCUT2D eigenvalue weighted by Gasteiger charge is 2.19. The van der Waals surface area contributed by atoms with Gasteiger partial charge in [-0.05, 0) is 129 Å². The summed E-state index contributed by atoms with van der Waals surface area (Å²) in [6.07, 6.45) is 54.1. The summed E-state index contributed by atoms with van der Waals surface area (Å²) in [6.45, 7) is 11.2. The fraction of sp³-hybridized carbons (Fsp3) is 0.814. The molecule has 0 spiro atoms. The topological polar surface area (TPSA) is 6.48 Å². The van der Waals surface area contributed by atoms with E-state index in [9.17, 15) is 0 Å². The molecule has 0 aromatic heterocycles. The second-order valence-corrected chi connectivity index (χ2v) is 14.2. The van der Waals surface area contributed by atoms with Gasteiger partial charge in [0.15, 0.2) is 0 Å². The van der Waals surface area contributed by atoms with E-state index in [0.29, 0.717) is 0 Å². The van der Waals surface area contributed by atoms with Gasteiger partial charge in [-0.1, -0.05) is 140 Å². The monoisotopic (exact) mass is 625 g/mol. The van der Waals surface area contributed by atoms with Crippen LogP contribution in [-0.2, 0) is 0 Å². The Hall–Kier alpha value is -1.12. The maximum atomic E-state index is 2.86. The number of nitrogens with zero attached hydrogens (tertiary/aromatic N) is 2.